The van der Waals surface area contributed by atoms with Crippen molar-refractivity contribution in [2.45, 2.75) is 65.3 Å². The number of nitrogens with zero attached hydrogens (tertiary/aromatic N) is 5. The van der Waals surface area contributed by atoms with Gasteiger partial charge in [0, 0.05) is 44.5 Å². The van der Waals surface area contributed by atoms with E-state index < -0.39 is 0 Å². The van der Waals surface area contributed by atoms with Crippen LogP contribution in [-0.4, -0.2) is 69.6 Å². The standard InChI is InChI=1S/C28H41BrN8O/c1-19(2)36(15-7-13-30-27(38)33-22-11-9-21(10-12-22)28(3,4)5)16-20-8-6-14-37(17-20)25-23-24(31-18-32-25)35-26(29)34-23/h9-12,18-20H,6-8,13-17H2,1-5H3,(H2,30,33,38)(H,31,32,34,35). The molecule has 206 valence electrons. The van der Waals surface area contributed by atoms with Gasteiger partial charge in [-0.1, -0.05) is 32.9 Å². The first kappa shape index (κ1) is 28.3. The van der Waals surface area contributed by atoms with Crippen molar-refractivity contribution in [1.29, 1.82) is 0 Å². The predicted octanol–water partition coefficient (Wildman–Crippen LogP) is 5.55. The third-order valence-electron chi connectivity index (χ3n) is 7.20. The summed E-state index contributed by atoms with van der Waals surface area (Å²) >= 11 is 3.42. The van der Waals surface area contributed by atoms with Crippen LogP contribution in [0.25, 0.3) is 11.2 Å². The molecule has 3 heterocycles. The number of carbonyl (C=O) groups excluding carboxylic acids is 1. The maximum absolute atomic E-state index is 12.4. The van der Waals surface area contributed by atoms with Gasteiger partial charge in [0.25, 0.3) is 0 Å². The Hall–Kier alpha value is -2.72. The lowest BCUT2D eigenvalue weighted by atomic mass is 9.87. The predicted molar refractivity (Wildman–Crippen MR) is 158 cm³/mol. The third kappa shape index (κ3) is 7.44. The summed E-state index contributed by atoms with van der Waals surface area (Å²) in [6.07, 6.45) is 4.84. The molecule has 2 aromatic heterocycles. The number of hydrogen-bond acceptors (Lipinski definition) is 6. The summed E-state index contributed by atoms with van der Waals surface area (Å²) in [6, 6.07) is 8.36. The molecular formula is C28H41BrN8O. The van der Waals surface area contributed by atoms with Gasteiger partial charge in [0.2, 0.25) is 0 Å². The van der Waals surface area contributed by atoms with Crippen molar-refractivity contribution in [1.82, 2.24) is 30.2 Å². The quantitative estimate of drug-likeness (QED) is 0.225. The van der Waals surface area contributed by atoms with Crippen LogP contribution in [0.1, 0.15) is 59.4 Å². The summed E-state index contributed by atoms with van der Waals surface area (Å²) in [5.41, 5.74) is 3.72. The number of rotatable bonds is 9. The van der Waals surface area contributed by atoms with Gasteiger partial charge >= 0.3 is 6.03 Å². The van der Waals surface area contributed by atoms with Gasteiger partial charge in [-0.2, -0.15) is 0 Å². The zero-order valence-electron chi connectivity index (χ0n) is 23.2. The SMILES string of the molecule is CC(C)N(CCCNC(=O)Nc1ccc(C(C)(C)C)cc1)CC1CCCN(c2ncnc3nc(Br)[nH]c23)C1. The molecule has 1 fully saturated rings. The summed E-state index contributed by atoms with van der Waals surface area (Å²) in [5, 5.41) is 5.95. The average molecular weight is 586 g/mol. The van der Waals surface area contributed by atoms with Crippen LogP contribution in [0.15, 0.2) is 35.3 Å². The summed E-state index contributed by atoms with van der Waals surface area (Å²) in [7, 11) is 0. The highest BCUT2D eigenvalue weighted by Crippen LogP contribution is 2.28. The van der Waals surface area contributed by atoms with Crippen LogP contribution in [0.3, 0.4) is 0 Å². The molecule has 3 N–H and O–H groups in total. The molecule has 4 rings (SSSR count). The zero-order chi connectivity index (χ0) is 27.3. The summed E-state index contributed by atoms with van der Waals surface area (Å²) < 4.78 is 0.675. The number of hydrogen-bond donors (Lipinski definition) is 3. The van der Waals surface area contributed by atoms with Crippen molar-refractivity contribution in [2.24, 2.45) is 5.92 Å². The highest BCUT2D eigenvalue weighted by Gasteiger charge is 2.26. The van der Waals surface area contributed by atoms with E-state index in [0.29, 0.717) is 28.9 Å². The van der Waals surface area contributed by atoms with E-state index in [1.807, 2.05) is 12.1 Å². The Morgan fingerprint density at radius 2 is 2.00 bits per heavy atom. The number of fused-ring (bicyclic) bond motifs is 1. The molecule has 1 unspecified atom stereocenters. The van der Waals surface area contributed by atoms with E-state index in [1.165, 1.54) is 12.0 Å². The van der Waals surface area contributed by atoms with E-state index >= 15 is 0 Å². The molecule has 2 amide bonds. The van der Waals surface area contributed by atoms with Crippen LogP contribution in [0, 0.1) is 5.92 Å². The summed E-state index contributed by atoms with van der Waals surface area (Å²) in [6.45, 7) is 15.6. The number of aromatic nitrogens is 4. The van der Waals surface area contributed by atoms with Crippen molar-refractivity contribution in [3.8, 4) is 0 Å². The molecule has 10 heteroatoms. The largest absolute Gasteiger partial charge is 0.354 e. The molecule has 1 aromatic carbocycles. The smallest absolute Gasteiger partial charge is 0.319 e. The number of carbonyl (C=O) groups is 1. The van der Waals surface area contributed by atoms with Gasteiger partial charge < -0.3 is 25.4 Å². The lowest BCUT2D eigenvalue weighted by molar-refractivity contribution is 0.174. The molecule has 3 aromatic rings. The van der Waals surface area contributed by atoms with Crippen molar-refractivity contribution >= 4 is 44.6 Å². The fraction of sp³-hybridized carbons (Fsp3) is 0.571. The lowest BCUT2D eigenvalue weighted by Gasteiger charge is -2.37. The minimum atomic E-state index is -0.158. The molecule has 1 saturated heterocycles. The number of nitrogens with one attached hydrogen (secondary N) is 3. The molecule has 0 radical (unpaired) electrons. The molecule has 0 spiro atoms. The van der Waals surface area contributed by atoms with Crippen molar-refractivity contribution in [3.63, 3.8) is 0 Å². The van der Waals surface area contributed by atoms with Crippen LogP contribution in [0.2, 0.25) is 0 Å². The van der Waals surface area contributed by atoms with Gasteiger partial charge in [-0.25, -0.2) is 19.7 Å². The first-order valence-electron chi connectivity index (χ1n) is 13.6. The second-order valence-corrected chi connectivity index (χ2v) is 12.3. The van der Waals surface area contributed by atoms with E-state index in [2.05, 4.69) is 103 Å². The highest BCUT2D eigenvalue weighted by molar-refractivity contribution is 9.10. The van der Waals surface area contributed by atoms with Crippen LogP contribution in [-0.2, 0) is 5.41 Å². The van der Waals surface area contributed by atoms with Gasteiger partial charge in [-0.05, 0) is 78.1 Å². The van der Waals surface area contributed by atoms with Gasteiger partial charge in [0.15, 0.2) is 16.2 Å². The average Bonchev–Trinajstić information content (AvgIpc) is 3.26. The molecule has 1 aliphatic heterocycles. The van der Waals surface area contributed by atoms with Crippen LogP contribution >= 0.6 is 15.9 Å². The normalized spacial score (nSPS) is 16.4. The Labute approximate surface area is 234 Å². The second-order valence-electron chi connectivity index (χ2n) is 11.5. The van der Waals surface area contributed by atoms with Gasteiger partial charge in [0.05, 0.1) is 0 Å². The lowest BCUT2D eigenvalue weighted by Crippen LogP contribution is -2.44. The van der Waals surface area contributed by atoms with Crippen LogP contribution < -0.4 is 15.5 Å². The first-order chi connectivity index (χ1) is 18.1. The number of benzene rings is 1. The van der Waals surface area contributed by atoms with Crippen molar-refractivity contribution < 1.29 is 4.79 Å². The number of piperidine rings is 1. The summed E-state index contributed by atoms with van der Waals surface area (Å²) in [5.74, 6) is 1.48. The second kappa shape index (κ2) is 12.4. The number of imidazole rings is 1. The Balaban J connectivity index is 1.24. The van der Waals surface area contributed by atoms with Crippen LogP contribution in [0.4, 0.5) is 16.3 Å². The molecule has 0 bridgehead atoms. The Kier molecular flexibility index (Phi) is 9.25. The van der Waals surface area contributed by atoms with E-state index in [1.54, 1.807) is 6.33 Å². The highest BCUT2D eigenvalue weighted by atomic mass is 79.9. The number of halogens is 1. The van der Waals surface area contributed by atoms with E-state index in [4.69, 9.17) is 0 Å². The van der Waals surface area contributed by atoms with E-state index in [0.717, 1.165) is 56.0 Å². The number of amides is 2. The molecule has 9 nitrogen and oxygen atoms in total. The monoisotopic (exact) mass is 584 g/mol. The molecule has 1 atom stereocenters. The van der Waals surface area contributed by atoms with E-state index in [9.17, 15) is 4.79 Å². The zero-order valence-corrected chi connectivity index (χ0v) is 24.8. The van der Waals surface area contributed by atoms with E-state index in [-0.39, 0.29) is 11.4 Å². The van der Waals surface area contributed by atoms with Crippen molar-refractivity contribution in [3.05, 3.63) is 40.9 Å². The molecule has 1 aliphatic rings. The molecule has 0 saturated carbocycles. The number of anilines is 2. The maximum atomic E-state index is 12.4. The molecular weight excluding hydrogens is 544 g/mol. The summed E-state index contributed by atoms with van der Waals surface area (Å²) in [4.78, 5) is 33.8. The Morgan fingerprint density at radius 1 is 1.24 bits per heavy atom. The van der Waals surface area contributed by atoms with Crippen LogP contribution in [0.5, 0.6) is 0 Å². The fourth-order valence-corrected chi connectivity index (χ4v) is 5.41. The van der Waals surface area contributed by atoms with Gasteiger partial charge in [0.1, 0.15) is 11.8 Å². The Morgan fingerprint density at radius 3 is 2.71 bits per heavy atom. The number of H-pyrrole nitrogens is 1. The number of urea groups is 1. The van der Waals surface area contributed by atoms with Gasteiger partial charge in [-0.15, -0.1) is 0 Å². The minimum Gasteiger partial charge on any atom is -0.354 e. The number of aromatic amines is 1. The molecule has 38 heavy (non-hydrogen) atoms. The maximum Gasteiger partial charge on any atom is 0.319 e. The third-order valence-corrected chi connectivity index (χ3v) is 7.57. The fourth-order valence-electron chi connectivity index (χ4n) is 5.04. The first-order valence-corrected chi connectivity index (χ1v) is 14.4. The Bertz CT molecular complexity index is 1200. The van der Waals surface area contributed by atoms with Gasteiger partial charge in [-0.3, -0.25) is 0 Å². The topological polar surface area (TPSA) is 102 Å². The molecule has 0 aliphatic carbocycles. The minimum absolute atomic E-state index is 0.0957. The van der Waals surface area contributed by atoms with Crippen molar-refractivity contribution in [2.75, 3.05) is 42.9 Å².